The van der Waals surface area contributed by atoms with E-state index in [4.69, 9.17) is 4.74 Å². The van der Waals surface area contributed by atoms with Gasteiger partial charge in [-0.2, -0.15) is 4.72 Å². The fourth-order valence-electron chi connectivity index (χ4n) is 2.18. The van der Waals surface area contributed by atoms with Crippen molar-refractivity contribution in [2.75, 3.05) is 13.2 Å². The van der Waals surface area contributed by atoms with Gasteiger partial charge in [-0.15, -0.1) is 0 Å². The lowest BCUT2D eigenvalue weighted by atomic mass is 10.2. The van der Waals surface area contributed by atoms with E-state index < -0.39 is 10.0 Å². The minimum Gasteiger partial charge on any atom is -0.481 e. The number of sulfonamides is 1. The number of ether oxygens (including phenoxy) is 1. The fraction of sp³-hybridized carbons (Fsp3) is 0.105. The number of rotatable bonds is 5. The highest BCUT2D eigenvalue weighted by Crippen LogP contribution is 2.18. The maximum absolute atomic E-state index is 12.0. The van der Waals surface area contributed by atoms with Crippen LogP contribution in [0.25, 0.3) is 10.9 Å². The van der Waals surface area contributed by atoms with E-state index in [2.05, 4.69) is 21.5 Å². The van der Waals surface area contributed by atoms with Crippen molar-refractivity contribution in [2.45, 2.75) is 4.90 Å². The van der Waals surface area contributed by atoms with Gasteiger partial charge in [0.15, 0.2) is 0 Å². The molecule has 0 amide bonds. The zero-order valence-corrected chi connectivity index (χ0v) is 14.2. The van der Waals surface area contributed by atoms with Crippen LogP contribution in [-0.4, -0.2) is 26.6 Å². The summed E-state index contributed by atoms with van der Waals surface area (Å²) in [7, 11) is -3.53. The summed E-state index contributed by atoms with van der Waals surface area (Å²) in [6.07, 6.45) is 1.73. The van der Waals surface area contributed by atoms with Gasteiger partial charge in [-0.3, -0.25) is 4.98 Å². The number of fused-ring (bicyclic) bond motifs is 1. The number of pyridine rings is 1. The summed E-state index contributed by atoms with van der Waals surface area (Å²) in [6.45, 7) is 0.200. The molecule has 0 atom stereocenters. The third-order valence-corrected chi connectivity index (χ3v) is 4.83. The molecule has 0 spiro atoms. The molecule has 0 aliphatic heterocycles. The molecule has 0 aliphatic carbocycles. The highest BCUT2D eigenvalue weighted by molar-refractivity contribution is 7.89. The van der Waals surface area contributed by atoms with Gasteiger partial charge in [0.25, 0.3) is 0 Å². The van der Waals surface area contributed by atoms with Crippen LogP contribution in [0.2, 0.25) is 0 Å². The van der Waals surface area contributed by atoms with E-state index in [0.717, 1.165) is 10.9 Å². The minimum atomic E-state index is -3.53. The molecular formula is C19H16N2O3S. The lowest BCUT2D eigenvalue weighted by Crippen LogP contribution is -2.23. The molecule has 3 aromatic rings. The smallest absolute Gasteiger partial charge is 0.241 e. The van der Waals surface area contributed by atoms with Gasteiger partial charge in [-0.1, -0.05) is 36.1 Å². The Labute approximate surface area is 146 Å². The Morgan fingerprint density at radius 3 is 2.68 bits per heavy atom. The zero-order chi connectivity index (χ0) is 17.5. The first-order valence-electron chi connectivity index (χ1n) is 7.63. The summed E-state index contributed by atoms with van der Waals surface area (Å²) in [6, 6.07) is 17.7. The van der Waals surface area contributed by atoms with Gasteiger partial charge < -0.3 is 4.74 Å². The molecule has 3 rings (SSSR count). The molecule has 1 heterocycles. The van der Waals surface area contributed by atoms with E-state index in [0.29, 0.717) is 5.75 Å². The molecule has 25 heavy (non-hydrogen) atoms. The van der Waals surface area contributed by atoms with Gasteiger partial charge in [0.05, 0.1) is 17.0 Å². The van der Waals surface area contributed by atoms with Crippen LogP contribution in [-0.2, 0) is 10.0 Å². The predicted octanol–water partition coefficient (Wildman–Crippen LogP) is 2.60. The Kier molecular flexibility index (Phi) is 5.29. The zero-order valence-electron chi connectivity index (χ0n) is 13.3. The third kappa shape index (κ3) is 4.57. The second-order valence-corrected chi connectivity index (χ2v) is 6.90. The number of nitrogens with one attached hydrogen (secondary N) is 1. The average Bonchev–Trinajstić information content (AvgIpc) is 2.65. The minimum absolute atomic E-state index is 0.0276. The van der Waals surface area contributed by atoms with Crippen molar-refractivity contribution in [2.24, 2.45) is 0 Å². The summed E-state index contributed by atoms with van der Waals surface area (Å²) >= 11 is 0. The Balaban J connectivity index is 1.51. The predicted molar refractivity (Wildman–Crippen MR) is 96.6 cm³/mol. The SMILES string of the molecule is O=S(=O)(NCC#CCOc1ccc2cccnc2c1)c1ccccc1. The normalized spacial score (nSPS) is 10.9. The first kappa shape index (κ1) is 17.0. The van der Waals surface area contributed by atoms with Crippen molar-refractivity contribution >= 4 is 20.9 Å². The number of benzene rings is 2. The average molecular weight is 352 g/mol. The van der Waals surface area contributed by atoms with Gasteiger partial charge >= 0.3 is 0 Å². The Morgan fingerprint density at radius 1 is 1.00 bits per heavy atom. The molecule has 0 aliphatic rings. The summed E-state index contributed by atoms with van der Waals surface area (Å²) < 4.78 is 32.0. The molecule has 1 aromatic heterocycles. The van der Waals surface area contributed by atoms with Crippen molar-refractivity contribution < 1.29 is 13.2 Å². The molecule has 1 N–H and O–H groups in total. The highest BCUT2D eigenvalue weighted by atomic mass is 32.2. The maximum Gasteiger partial charge on any atom is 0.241 e. The van der Waals surface area contributed by atoms with Crippen LogP contribution in [0.15, 0.2) is 71.8 Å². The van der Waals surface area contributed by atoms with Crippen molar-refractivity contribution in [1.82, 2.24) is 9.71 Å². The second-order valence-electron chi connectivity index (χ2n) is 5.14. The molecule has 0 saturated carbocycles. The van der Waals surface area contributed by atoms with Crippen molar-refractivity contribution in [3.05, 3.63) is 66.9 Å². The van der Waals surface area contributed by atoms with Crippen LogP contribution in [0, 0.1) is 11.8 Å². The van der Waals surface area contributed by atoms with Crippen LogP contribution in [0.3, 0.4) is 0 Å². The highest BCUT2D eigenvalue weighted by Gasteiger charge is 2.10. The van der Waals surface area contributed by atoms with Crippen LogP contribution >= 0.6 is 0 Å². The number of aromatic nitrogens is 1. The number of nitrogens with zero attached hydrogens (tertiary/aromatic N) is 1. The summed E-state index contributed by atoms with van der Waals surface area (Å²) in [5.41, 5.74) is 0.851. The van der Waals surface area contributed by atoms with Gasteiger partial charge in [-0.25, -0.2) is 8.42 Å². The van der Waals surface area contributed by atoms with E-state index in [-0.39, 0.29) is 18.0 Å². The molecule has 0 unspecified atom stereocenters. The van der Waals surface area contributed by atoms with Crippen molar-refractivity contribution in [3.63, 3.8) is 0 Å². The molecule has 0 bridgehead atoms. The van der Waals surface area contributed by atoms with Crippen LogP contribution in [0.4, 0.5) is 0 Å². The van der Waals surface area contributed by atoms with Gasteiger partial charge in [0.1, 0.15) is 12.4 Å². The van der Waals surface area contributed by atoms with Crippen LogP contribution in [0.1, 0.15) is 0 Å². The summed E-state index contributed by atoms with van der Waals surface area (Å²) in [5.74, 6) is 6.20. The lowest BCUT2D eigenvalue weighted by Gasteiger charge is -2.04. The van der Waals surface area contributed by atoms with E-state index >= 15 is 0 Å². The number of hydrogen-bond donors (Lipinski definition) is 1. The maximum atomic E-state index is 12.0. The molecule has 0 saturated heterocycles. The molecule has 5 nitrogen and oxygen atoms in total. The molecular weight excluding hydrogens is 336 g/mol. The molecule has 2 aromatic carbocycles. The Bertz CT molecular complexity index is 1020. The van der Waals surface area contributed by atoms with E-state index in [1.165, 1.54) is 12.1 Å². The van der Waals surface area contributed by atoms with E-state index in [9.17, 15) is 8.42 Å². The first-order valence-corrected chi connectivity index (χ1v) is 9.11. The second kappa shape index (κ2) is 7.79. The summed E-state index contributed by atoms with van der Waals surface area (Å²) in [4.78, 5) is 4.48. The molecule has 126 valence electrons. The third-order valence-electron chi connectivity index (χ3n) is 3.42. The quantitative estimate of drug-likeness (QED) is 0.717. The van der Waals surface area contributed by atoms with Gasteiger partial charge in [-0.05, 0) is 30.3 Å². The topological polar surface area (TPSA) is 68.3 Å². The molecule has 0 radical (unpaired) electrons. The molecule has 6 heteroatoms. The van der Waals surface area contributed by atoms with Crippen molar-refractivity contribution in [3.8, 4) is 17.6 Å². The van der Waals surface area contributed by atoms with Gasteiger partial charge in [0, 0.05) is 17.6 Å². The molecule has 0 fully saturated rings. The number of hydrogen-bond acceptors (Lipinski definition) is 4. The Morgan fingerprint density at radius 2 is 1.84 bits per heavy atom. The standard InChI is InChI=1S/C19H16N2O3S/c22-25(23,18-8-2-1-3-9-18)21-13-4-5-14-24-17-11-10-16-7-6-12-20-19(16)15-17/h1-3,6-12,15,21H,13-14H2. The lowest BCUT2D eigenvalue weighted by molar-refractivity contribution is 0.370. The Hall–Kier alpha value is -2.88. The fourth-order valence-corrected chi connectivity index (χ4v) is 3.13. The van der Waals surface area contributed by atoms with E-state index in [1.807, 2.05) is 30.3 Å². The van der Waals surface area contributed by atoms with Crippen molar-refractivity contribution in [1.29, 1.82) is 0 Å². The van der Waals surface area contributed by atoms with E-state index in [1.54, 1.807) is 24.4 Å². The van der Waals surface area contributed by atoms with Crippen LogP contribution < -0.4 is 9.46 Å². The first-order chi connectivity index (χ1) is 12.1. The monoisotopic (exact) mass is 352 g/mol. The summed E-state index contributed by atoms with van der Waals surface area (Å²) in [5, 5.41) is 1.04. The van der Waals surface area contributed by atoms with Crippen LogP contribution in [0.5, 0.6) is 5.75 Å². The largest absolute Gasteiger partial charge is 0.481 e. The van der Waals surface area contributed by atoms with Gasteiger partial charge in [0.2, 0.25) is 10.0 Å².